The first kappa shape index (κ1) is 20.3. The van der Waals surface area contributed by atoms with Crippen molar-refractivity contribution in [1.82, 2.24) is 30.3 Å². The Hall–Kier alpha value is -2.94. The molecule has 2 N–H and O–H groups in total. The second-order valence-corrected chi connectivity index (χ2v) is 8.35. The molecule has 2 aliphatic heterocycles. The quantitative estimate of drug-likeness (QED) is 0.795. The highest BCUT2D eigenvalue weighted by molar-refractivity contribution is 5.93. The van der Waals surface area contributed by atoms with Crippen molar-refractivity contribution in [2.45, 2.75) is 51.4 Å². The molecule has 9 heteroatoms. The summed E-state index contributed by atoms with van der Waals surface area (Å²) >= 11 is 0. The van der Waals surface area contributed by atoms with Gasteiger partial charge in [-0.1, -0.05) is 18.2 Å². The van der Waals surface area contributed by atoms with Crippen LogP contribution < -0.4 is 15.5 Å². The number of nitrogens with zero attached hydrogens (tertiary/aromatic N) is 5. The van der Waals surface area contributed by atoms with E-state index in [-0.39, 0.29) is 35.9 Å². The van der Waals surface area contributed by atoms with Crippen molar-refractivity contribution in [2.75, 3.05) is 18.0 Å². The van der Waals surface area contributed by atoms with Gasteiger partial charge in [0, 0.05) is 50.5 Å². The number of nitrogens with one attached hydrogen (secondary N) is 2. The van der Waals surface area contributed by atoms with Gasteiger partial charge in [0.1, 0.15) is 6.33 Å². The van der Waals surface area contributed by atoms with Crippen molar-refractivity contribution in [3.63, 3.8) is 0 Å². The first-order valence-electron chi connectivity index (χ1n) is 10.5. The molecule has 1 aromatic carbocycles. The molecule has 2 aliphatic rings. The number of fused-ring (bicyclic) bond motifs is 2. The first-order chi connectivity index (χ1) is 14.4. The normalized spacial score (nSPS) is 21.1. The van der Waals surface area contributed by atoms with Crippen LogP contribution in [0.15, 0.2) is 30.6 Å². The molecule has 0 radical (unpaired) electrons. The molecule has 3 heterocycles. The van der Waals surface area contributed by atoms with Crippen LogP contribution in [0.3, 0.4) is 0 Å². The summed E-state index contributed by atoms with van der Waals surface area (Å²) in [5, 5.41) is 10.1. The van der Waals surface area contributed by atoms with E-state index in [1.54, 1.807) is 7.05 Å². The van der Waals surface area contributed by atoms with Crippen molar-refractivity contribution in [3.8, 4) is 0 Å². The molecule has 4 rings (SSSR count). The maximum Gasteiger partial charge on any atom is 0.322 e. The average Bonchev–Trinajstić information content (AvgIpc) is 3.26. The molecule has 0 saturated carbocycles. The monoisotopic (exact) mass is 411 g/mol. The number of urea groups is 1. The SMILES string of the molecule is CC(C)NC(=O)N1CC2CCC(CNC(=O)c3ncn(C)n3)N2Cc2ccccc21. The van der Waals surface area contributed by atoms with Gasteiger partial charge in [-0.05, 0) is 38.3 Å². The molecule has 1 saturated heterocycles. The van der Waals surface area contributed by atoms with Crippen LogP contribution in [0.5, 0.6) is 0 Å². The van der Waals surface area contributed by atoms with Gasteiger partial charge in [-0.25, -0.2) is 9.78 Å². The van der Waals surface area contributed by atoms with Gasteiger partial charge in [0.15, 0.2) is 0 Å². The molecule has 0 aliphatic carbocycles. The summed E-state index contributed by atoms with van der Waals surface area (Å²) in [5.74, 6) is -0.0722. The lowest BCUT2D eigenvalue weighted by Crippen LogP contribution is -2.49. The molecule has 1 fully saturated rings. The van der Waals surface area contributed by atoms with E-state index in [0.29, 0.717) is 13.1 Å². The number of aryl methyl sites for hydroxylation is 1. The molecule has 1 aromatic heterocycles. The smallest absolute Gasteiger partial charge is 0.322 e. The van der Waals surface area contributed by atoms with E-state index in [4.69, 9.17) is 0 Å². The van der Waals surface area contributed by atoms with Gasteiger partial charge in [0.05, 0.1) is 0 Å². The minimum atomic E-state index is -0.257. The standard InChI is InChI=1S/C21H29N7O2/c1-14(2)24-21(30)28-12-17-9-8-16(10-22-20(29)19-23-13-26(3)25-19)27(17)11-15-6-4-5-7-18(15)28/h4-7,13-14,16-17H,8-12H2,1-3H3,(H,22,29)(H,24,30). The van der Waals surface area contributed by atoms with E-state index >= 15 is 0 Å². The third-order valence-corrected chi connectivity index (χ3v) is 5.76. The van der Waals surface area contributed by atoms with E-state index in [0.717, 1.165) is 30.6 Å². The lowest BCUT2D eigenvalue weighted by Gasteiger charge is -2.30. The first-order valence-corrected chi connectivity index (χ1v) is 10.5. The van der Waals surface area contributed by atoms with Crippen LogP contribution in [-0.4, -0.2) is 62.8 Å². The van der Waals surface area contributed by atoms with Crippen LogP contribution in [-0.2, 0) is 13.6 Å². The predicted octanol–water partition coefficient (Wildman–Crippen LogP) is 1.52. The molecule has 0 bridgehead atoms. The van der Waals surface area contributed by atoms with Crippen LogP contribution in [0.4, 0.5) is 10.5 Å². The highest BCUT2D eigenvalue weighted by Gasteiger charge is 2.39. The average molecular weight is 412 g/mol. The molecule has 2 atom stereocenters. The van der Waals surface area contributed by atoms with Crippen LogP contribution in [0.1, 0.15) is 42.9 Å². The number of hydrogen-bond acceptors (Lipinski definition) is 5. The van der Waals surface area contributed by atoms with Crippen LogP contribution in [0, 0.1) is 0 Å². The molecule has 2 unspecified atom stereocenters. The van der Waals surface area contributed by atoms with Crippen molar-refractivity contribution in [2.24, 2.45) is 7.05 Å². The van der Waals surface area contributed by atoms with Crippen molar-refractivity contribution >= 4 is 17.6 Å². The van der Waals surface area contributed by atoms with E-state index in [2.05, 4.69) is 31.7 Å². The number of para-hydroxylation sites is 1. The Morgan fingerprint density at radius 2 is 2.03 bits per heavy atom. The molecule has 160 valence electrons. The number of carbonyl (C=O) groups is 2. The fourth-order valence-electron chi connectivity index (χ4n) is 4.35. The Balaban J connectivity index is 1.49. The zero-order valence-electron chi connectivity index (χ0n) is 17.7. The van der Waals surface area contributed by atoms with Gasteiger partial charge in [-0.3, -0.25) is 19.3 Å². The maximum atomic E-state index is 12.9. The Bertz CT molecular complexity index is 926. The van der Waals surface area contributed by atoms with Gasteiger partial charge in [0.25, 0.3) is 5.91 Å². The number of amides is 3. The van der Waals surface area contributed by atoms with Crippen LogP contribution in [0.25, 0.3) is 0 Å². The third-order valence-electron chi connectivity index (χ3n) is 5.76. The summed E-state index contributed by atoms with van der Waals surface area (Å²) in [6.45, 7) is 5.88. The van der Waals surface area contributed by atoms with E-state index in [1.165, 1.54) is 11.0 Å². The van der Waals surface area contributed by atoms with Gasteiger partial charge in [-0.15, -0.1) is 5.10 Å². The molecular weight excluding hydrogens is 382 g/mol. The lowest BCUT2D eigenvalue weighted by atomic mass is 10.1. The minimum Gasteiger partial charge on any atom is -0.348 e. The third kappa shape index (κ3) is 4.16. The second kappa shape index (κ2) is 8.43. The highest BCUT2D eigenvalue weighted by Crippen LogP contribution is 2.34. The Morgan fingerprint density at radius 1 is 1.23 bits per heavy atom. The van der Waals surface area contributed by atoms with Crippen molar-refractivity contribution < 1.29 is 9.59 Å². The maximum absolute atomic E-state index is 12.9. The number of aromatic nitrogens is 3. The number of hydrogen-bond donors (Lipinski definition) is 2. The summed E-state index contributed by atoms with van der Waals surface area (Å²) in [7, 11) is 1.74. The van der Waals surface area contributed by atoms with E-state index < -0.39 is 0 Å². The zero-order chi connectivity index (χ0) is 21.3. The summed E-state index contributed by atoms with van der Waals surface area (Å²) in [6, 6.07) is 8.57. The van der Waals surface area contributed by atoms with Gasteiger partial charge in [0.2, 0.25) is 5.82 Å². The molecule has 0 spiro atoms. The molecule has 2 aromatic rings. The number of rotatable bonds is 4. The van der Waals surface area contributed by atoms with E-state index in [9.17, 15) is 9.59 Å². The summed E-state index contributed by atoms with van der Waals surface area (Å²) in [5.41, 5.74) is 2.09. The number of carbonyl (C=O) groups excluding carboxylic acids is 2. The summed E-state index contributed by atoms with van der Waals surface area (Å²) in [6.07, 6.45) is 3.48. The Morgan fingerprint density at radius 3 is 2.77 bits per heavy atom. The number of anilines is 1. The molecule has 30 heavy (non-hydrogen) atoms. The van der Waals surface area contributed by atoms with E-state index in [1.807, 2.05) is 36.9 Å². The fraction of sp³-hybridized carbons (Fsp3) is 0.524. The van der Waals surface area contributed by atoms with Gasteiger partial charge in [-0.2, -0.15) is 0 Å². The predicted molar refractivity (Wildman–Crippen MR) is 113 cm³/mol. The van der Waals surface area contributed by atoms with Crippen molar-refractivity contribution in [3.05, 3.63) is 42.0 Å². The van der Waals surface area contributed by atoms with Gasteiger partial charge >= 0.3 is 6.03 Å². The summed E-state index contributed by atoms with van der Waals surface area (Å²) < 4.78 is 1.52. The topological polar surface area (TPSA) is 95.4 Å². The minimum absolute atomic E-state index is 0.0581. The van der Waals surface area contributed by atoms with Crippen molar-refractivity contribution in [1.29, 1.82) is 0 Å². The van der Waals surface area contributed by atoms with Gasteiger partial charge < -0.3 is 10.6 Å². The van der Waals surface area contributed by atoms with Crippen LogP contribution >= 0.6 is 0 Å². The molecular formula is C21H29N7O2. The Kier molecular flexibility index (Phi) is 5.72. The van der Waals surface area contributed by atoms with Crippen LogP contribution in [0.2, 0.25) is 0 Å². The fourth-order valence-corrected chi connectivity index (χ4v) is 4.35. The summed E-state index contributed by atoms with van der Waals surface area (Å²) in [4.78, 5) is 33.6. The Labute approximate surface area is 176 Å². The second-order valence-electron chi connectivity index (χ2n) is 8.35. The number of benzene rings is 1. The largest absolute Gasteiger partial charge is 0.348 e. The molecule has 9 nitrogen and oxygen atoms in total. The highest BCUT2D eigenvalue weighted by atomic mass is 16.2. The lowest BCUT2D eigenvalue weighted by molar-refractivity contribution is 0.0923. The molecule has 3 amide bonds. The zero-order valence-corrected chi connectivity index (χ0v) is 17.7.